The van der Waals surface area contributed by atoms with Crippen molar-refractivity contribution in [1.29, 1.82) is 0 Å². The number of nitrogens with one attached hydrogen (secondary N) is 1. The molecule has 0 aromatic heterocycles. The summed E-state index contributed by atoms with van der Waals surface area (Å²) in [6.07, 6.45) is 0.974. The predicted molar refractivity (Wildman–Crippen MR) is 114 cm³/mol. The molecule has 1 N–H and O–H groups in total. The van der Waals surface area contributed by atoms with E-state index >= 15 is 0 Å². The molecular weight excluding hydrogens is 396 g/mol. The standard InChI is InChI=1S/C24H22N2O5/c1-14-21(24(28)31-2)22(16-8-10-18(11-9-16)26(29)30)23-19(25-14)12-17(13-20(23)27)15-6-4-3-5-7-15/h3-11,17,22,25H,12-13H2,1-2H3. The summed E-state index contributed by atoms with van der Waals surface area (Å²) in [4.78, 5) is 36.6. The third-order valence-corrected chi connectivity index (χ3v) is 5.94. The summed E-state index contributed by atoms with van der Waals surface area (Å²) in [7, 11) is 1.30. The molecule has 0 bridgehead atoms. The molecule has 0 amide bonds. The van der Waals surface area contributed by atoms with E-state index in [0.29, 0.717) is 35.2 Å². The molecule has 158 valence electrons. The summed E-state index contributed by atoms with van der Waals surface area (Å²) < 4.78 is 5.00. The minimum Gasteiger partial charge on any atom is -0.466 e. The molecule has 2 unspecified atom stereocenters. The van der Waals surface area contributed by atoms with Crippen LogP contribution in [0.25, 0.3) is 0 Å². The van der Waals surface area contributed by atoms with Crippen LogP contribution in [0, 0.1) is 10.1 Å². The Morgan fingerprint density at radius 2 is 1.74 bits per heavy atom. The first-order chi connectivity index (χ1) is 14.9. The largest absolute Gasteiger partial charge is 0.466 e. The molecule has 7 nitrogen and oxygen atoms in total. The number of benzene rings is 2. The molecule has 2 atom stereocenters. The third kappa shape index (κ3) is 3.74. The normalized spacial score (nSPS) is 20.8. The topological polar surface area (TPSA) is 98.5 Å². The van der Waals surface area contributed by atoms with Crippen molar-refractivity contribution >= 4 is 17.4 Å². The SMILES string of the molecule is COC(=O)C1=C(C)NC2=C(C(=O)CC(c3ccccc3)C2)C1c1ccc([N+](=O)[O-])cc1. The van der Waals surface area contributed by atoms with Crippen LogP contribution in [-0.2, 0) is 14.3 Å². The minimum absolute atomic E-state index is 0.0418. The van der Waals surface area contributed by atoms with Crippen molar-refractivity contribution in [1.82, 2.24) is 5.32 Å². The molecule has 0 saturated heterocycles. The summed E-state index contributed by atoms with van der Waals surface area (Å²) in [5, 5.41) is 14.3. The molecular formula is C24H22N2O5. The number of non-ortho nitro benzene ring substituents is 1. The Labute approximate surface area is 179 Å². The Kier molecular flexibility index (Phi) is 5.42. The van der Waals surface area contributed by atoms with Gasteiger partial charge in [0, 0.05) is 41.4 Å². The number of nitro benzene ring substituents is 1. The Hall–Kier alpha value is -3.74. The zero-order chi connectivity index (χ0) is 22.1. The van der Waals surface area contributed by atoms with E-state index in [9.17, 15) is 19.7 Å². The zero-order valence-corrected chi connectivity index (χ0v) is 17.3. The fourth-order valence-electron chi connectivity index (χ4n) is 4.50. The molecule has 31 heavy (non-hydrogen) atoms. The van der Waals surface area contributed by atoms with E-state index in [1.807, 2.05) is 30.3 Å². The van der Waals surface area contributed by atoms with Gasteiger partial charge in [0.25, 0.3) is 5.69 Å². The number of hydrogen-bond donors (Lipinski definition) is 1. The summed E-state index contributed by atoms with van der Waals surface area (Å²) in [6, 6.07) is 15.9. The van der Waals surface area contributed by atoms with Crippen LogP contribution in [0.4, 0.5) is 5.69 Å². The molecule has 0 fully saturated rings. The van der Waals surface area contributed by atoms with Gasteiger partial charge in [0.15, 0.2) is 5.78 Å². The van der Waals surface area contributed by atoms with E-state index in [1.165, 1.54) is 19.2 Å². The van der Waals surface area contributed by atoms with Crippen LogP contribution in [0.5, 0.6) is 0 Å². The first-order valence-electron chi connectivity index (χ1n) is 10.0. The second-order valence-corrected chi connectivity index (χ2v) is 7.77. The quantitative estimate of drug-likeness (QED) is 0.455. The number of dihydropyridines is 1. The first kappa shape index (κ1) is 20.5. The summed E-state index contributed by atoms with van der Waals surface area (Å²) in [5.41, 5.74) is 3.98. The van der Waals surface area contributed by atoms with Crippen LogP contribution < -0.4 is 5.32 Å². The number of nitro groups is 1. The van der Waals surface area contributed by atoms with Crippen molar-refractivity contribution in [3.05, 3.63) is 98.4 Å². The lowest BCUT2D eigenvalue weighted by Gasteiger charge is -2.36. The number of rotatable bonds is 4. The molecule has 0 radical (unpaired) electrons. The third-order valence-electron chi connectivity index (χ3n) is 5.94. The number of carbonyl (C=O) groups excluding carboxylic acids is 2. The maximum Gasteiger partial charge on any atom is 0.336 e. The molecule has 2 aromatic rings. The van der Waals surface area contributed by atoms with Gasteiger partial charge in [-0.3, -0.25) is 14.9 Å². The number of methoxy groups -OCH3 is 1. The van der Waals surface area contributed by atoms with Crippen LogP contribution >= 0.6 is 0 Å². The van der Waals surface area contributed by atoms with Gasteiger partial charge >= 0.3 is 5.97 Å². The maximum atomic E-state index is 13.4. The average Bonchev–Trinajstić information content (AvgIpc) is 2.78. The van der Waals surface area contributed by atoms with Gasteiger partial charge in [-0.05, 0) is 30.4 Å². The lowest BCUT2D eigenvalue weighted by molar-refractivity contribution is -0.384. The van der Waals surface area contributed by atoms with Crippen LogP contribution in [0.1, 0.15) is 42.7 Å². The van der Waals surface area contributed by atoms with E-state index in [0.717, 1.165) is 11.3 Å². The van der Waals surface area contributed by atoms with Gasteiger partial charge in [-0.1, -0.05) is 42.5 Å². The fourth-order valence-corrected chi connectivity index (χ4v) is 4.50. The first-order valence-corrected chi connectivity index (χ1v) is 10.0. The lowest BCUT2D eigenvalue weighted by Crippen LogP contribution is -2.36. The van der Waals surface area contributed by atoms with E-state index in [4.69, 9.17) is 4.74 Å². The second kappa shape index (κ2) is 8.18. The van der Waals surface area contributed by atoms with Crippen molar-refractivity contribution in [3.8, 4) is 0 Å². The van der Waals surface area contributed by atoms with E-state index < -0.39 is 16.8 Å². The molecule has 1 heterocycles. The summed E-state index contributed by atoms with van der Waals surface area (Å²) >= 11 is 0. The zero-order valence-electron chi connectivity index (χ0n) is 17.3. The predicted octanol–water partition coefficient (Wildman–Crippen LogP) is 4.13. The molecule has 0 saturated carbocycles. The Morgan fingerprint density at radius 1 is 1.06 bits per heavy atom. The second-order valence-electron chi connectivity index (χ2n) is 7.77. The van der Waals surface area contributed by atoms with E-state index in [1.54, 1.807) is 19.1 Å². The van der Waals surface area contributed by atoms with Crippen LogP contribution in [0.2, 0.25) is 0 Å². The molecule has 1 aliphatic carbocycles. The molecule has 0 spiro atoms. The number of allylic oxidation sites excluding steroid dienone is 3. The van der Waals surface area contributed by atoms with Crippen LogP contribution in [0.3, 0.4) is 0 Å². The highest BCUT2D eigenvalue weighted by Gasteiger charge is 2.41. The minimum atomic E-state index is -0.631. The van der Waals surface area contributed by atoms with Gasteiger partial charge in [0.1, 0.15) is 0 Å². The Balaban J connectivity index is 1.80. The number of esters is 1. The molecule has 7 heteroatoms. The van der Waals surface area contributed by atoms with Crippen LogP contribution in [-0.4, -0.2) is 23.8 Å². The van der Waals surface area contributed by atoms with Gasteiger partial charge in [-0.15, -0.1) is 0 Å². The Bertz CT molecular complexity index is 1120. The molecule has 4 rings (SSSR count). The smallest absolute Gasteiger partial charge is 0.336 e. The van der Waals surface area contributed by atoms with Crippen LogP contribution in [0.15, 0.2) is 77.1 Å². The number of Topliss-reactive ketones (excluding diaryl/α,β-unsaturated/α-hetero) is 1. The molecule has 2 aromatic carbocycles. The molecule has 2 aliphatic rings. The van der Waals surface area contributed by atoms with Crippen molar-refractivity contribution < 1.29 is 19.2 Å². The van der Waals surface area contributed by atoms with Crippen molar-refractivity contribution in [2.45, 2.75) is 31.6 Å². The molecule has 1 aliphatic heterocycles. The fraction of sp³-hybridized carbons (Fsp3) is 0.250. The average molecular weight is 418 g/mol. The lowest BCUT2D eigenvalue weighted by atomic mass is 9.71. The monoisotopic (exact) mass is 418 g/mol. The van der Waals surface area contributed by atoms with Crippen molar-refractivity contribution in [2.75, 3.05) is 7.11 Å². The van der Waals surface area contributed by atoms with Gasteiger partial charge in [-0.25, -0.2) is 4.79 Å². The van der Waals surface area contributed by atoms with Gasteiger partial charge < -0.3 is 10.1 Å². The highest BCUT2D eigenvalue weighted by molar-refractivity contribution is 6.04. The van der Waals surface area contributed by atoms with Gasteiger partial charge in [0.05, 0.1) is 17.6 Å². The van der Waals surface area contributed by atoms with E-state index in [2.05, 4.69) is 5.32 Å². The highest BCUT2D eigenvalue weighted by Crippen LogP contribution is 2.45. The maximum absolute atomic E-state index is 13.4. The van der Waals surface area contributed by atoms with Crippen molar-refractivity contribution in [2.24, 2.45) is 0 Å². The number of ketones is 1. The number of nitrogens with zero attached hydrogens (tertiary/aromatic N) is 1. The Morgan fingerprint density at radius 3 is 2.35 bits per heavy atom. The number of hydrogen-bond acceptors (Lipinski definition) is 6. The van der Waals surface area contributed by atoms with Crippen molar-refractivity contribution in [3.63, 3.8) is 0 Å². The number of ether oxygens (including phenoxy) is 1. The van der Waals surface area contributed by atoms with E-state index in [-0.39, 0.29) is 17.4 Å². The van der Waals surface area contributed by atoms with Gasteiger partial charge in [0.2, 0.25) is 0 Å². The van der Waals surface area contributed by atoms with Gasteiger partial charge in [-0.2, -0.15) is 0 Å². The summed E-state index contributed by atoms with van der Waals surface area (Å²) in [5.74, 6) is -1.16. The summed E-state index contributed by atoms with van der Waals surface area (Å²) in [6.45, 7) is 1.78. The number of carbonyl (C=O) groups is 2. The highest BCUT2D eigenvalue weighted by atomic mass is 16.6.